The summed E-state index contributed by atoms with van der Waals surface area (Å²) in [4.78, 5) is 17.0. The Morgan fingerprint density at radius 3 is 2.38 bits per heavy atom. The van der Waals surface area contributed by atoms with E-state index in [1.165, 1.54) is 0 Å². The highest BCUT2D eigenvalue weighted by Crippen LogP contribution is 2.29. The third kappa shape index (κ3) is 3.90. The monoisotopic (exact) mass is 348 g/mol. The number of hydrogen-bond acceptors (Lipinski definition) is 4. The van der Waals surface area contributed by atoms with Crippen LogP contribution in [0.3, 0.4) is 0 Å². The highest BCUT2D eigenvalue weighted by atomic mass is 16.5. The molecule has 1 heterocycles. The molecule has 0 spiro atoms. The van der Waals surface area contributed by atoms with Gasteiger partial charge >= 0.3 is 0 Å². The van der Waals surface area contributed by atoms with Crippen LogP contribution in [0.1, 0.15) is 29.0 Å². The second kappa shape index (κ2) is 8.27. The molecule has 132 valence electrons. The Labute approximate surface area is 152 Å². The van der Waals surface area contributed by atoms with Gasteiger partial charge in [0.05, 0.1) is 12.8 Å². The number of para-hydroxylation sites is 1. The van der Waals surface area contributed by atoms with Gasteiger partial charge in [0, 0.05) is 11.8 Å². The highest BCUT2D eigenvalue weighted by Gasteiger charge is 2.25. The number of methoxy groups -OCH3 is 1. The van der Waals surface area contributed by atoms with Crippen molar-refractivity contribution in [2.45, 2.75) is 12.1 Å². The maximum Gasteiger partial charge on any atom is 0.254 e. The van der Waals surface area contributed by atoms with Crippen LogP contribution < -0.4 is 10.1 Å². The summed E-state index contributed by atoms with van der Waals surface area (Å²) >= 11 is 0. The number of nitrogens with one attached hydrogen (secondary N) is 1. The van der Waals surface area contributed by atoms with E-state index in [0.717, 1.165) is 5.56 Å². The Morgan fingerprint density at radius 2 is 1.69 bits per heavy atom. The van der Waals surface area contributed by atoms with Crippen LogP contribution in [-0.2, 0) is 4.79 Å². The van der Waals surface area contributed by atoms with Gasteiger partial charge in [-0.05, 0) is 23.8 Å². The summed E-state index contributed by atoms with van der Waals surface area (Å²) in [6.45, 7) is 0. The average molecular weight is 348 g/mol. The average Bonchev–Trinajstić information content (AvgIpc) is 2.72. The summed E-state index contributed by atoms with van der Waals surface area (Å²) in [6, 6.07) is 21.2. The van der Waals surface area contributed by atoms with Gasteiger partial charge in [-0.2, -0.15) is 0 Å². The minimum absolute atomic E-state index is 0.502. The first kappa shape index (κ1) is 17.6. The second-order valence-electron chi connectivity index (χ2n) is 5.75. The largest absolute Gasteiger partial charge is 0.496 e. The fourth-order valence-electron chi connectivity index (χ4n) is 2.77. The number of ether oxygens (including phenoxy) is 1. The number of hydrogen-bond donors (Lipinski definition) is 2. The van der Waals surface area contributed by atoms with Crippen molar-refractivity contribution in [1.29, 1.82) is 0 Å². The van der Waals surface area contributed by atoms with Crippen molar-refractivity contribution in [2.75, 3.05) is 7.11 Å². The number of amides is 1. The molecule has 26 heavy (non-hydrogen) atoms. The van der Waals surface area contributed by atoms with Crippen molar-refractivity contribution in [3.8, 4) is 5.75 Å². The molecule has 0 aliphatic rings. The van der Waals surface area contributed by atoms with Crippen molar-refractivity contribution in [3.63, 3.8) is 0 Å². The number of aliphatic hydroxyl groups excluding tert-OH is 1. The first-order valence-corrected chi connectivity index (χ1v) is 8.28. The van der Waals surface area contributed by atoms with Gasteiger partial charge in [0.15, 0.2) is 6.10 Å². The van der Waals surface area contributed by atoms with Crippen LogP contribution in [0.2, 0.25) is 0 Å². The molecule has 0 bridgehead atoms. The predicted octanol–water partition coefficient (Wildman–Crippen LogP) is 3.03. The fraction of sp³-hybridized carbons (Fsp3) is 0.143. The number of nitrogens with zero attached hydrogens (tertiary/aromatic N) is 1. The van der Waals surface area contributed by atoms with Gasteiger partial charge < -0.3 is 15.2 Å². The zero-order chi connectivity index (χ0) is 18.4. The summed E-state index contributed by atoms with van der Waals surface area (Å²) in [5.41, 5.74) is 1.96. The number of rotatable bonds is 6. The molecule has 0 radical (unpaired) electrons. The van der Waals surface area contributed by atoms with Crippen molar-refractivity contribution in [1.82, 2.24) is 10.3 Å². The summed E-state index contributed by atoms with van der Waals surface area (Å²) in [7, 11) is 1.58. The summed E-state index contributed by atoms with van der Waals surface area (Å²) in [5.74, 6) is 0.135. The predicted molar refractivity (Wildman–Crippen MR) is 98.6 cm³/mol. The van der Waals surface area contributed by atoms with Gasteiger partial charge in [-0.3, -0.25) is 9.78 Å². The van der Waals surface area contributed by atoms with Gasteiger partial charge in [0.1, 0.15) is 11.8 Å². The zero-order valence-corrected chi connectivity index (χ0v) is 14.4. The first-order chi connectivity index (χ1) is 12.7. The van der Waals surface area contributed by atoms with Crippen LogP contribution in [0.5, 0.6) is 5.75 Å². The van der Waals surface area contributed by atoms with Crippen molar-refractivity contribution < 1.29 is 14.6 Å². The van der Waals surface area contributed by atoms with Crippen LogP contribution in [0.4, 0.5) is 0 Å². The van der Waals surface area contributed by atoms with E-state index < -0.39 is 18.1 Å². The van der Waals surface area contributed by atoms with Crippen molar-refractivity contribution >= 4 is 5.91 Å². The van der Waals surface area contributed by atoms with E-state index in [1.54, 1.807) is 37.6 Å². The van der Waals surface area contributed by atoms with Crippen LogP contribution >= 0.6 is 0 Å². The maximum atomic E-state index is 12.7. The van der Waals surface area contributed by atoms with Gasteiger partial charge in [-0.25, -0.2) is 0 Å². The Kier molecular flexibility index (Phi) is 5.61. The van der Waals surface area contributed by atoms with E-state index in [-0.39, 0.29) is 0 Å². The van der Waals surface area contributed by atoms with E-state index in [4.69, 9.17) is 4.74 Å². The lowest BCUT2D eigenvalue weighted by Crippen LogP contribution is -2.34. The van der Waals surface area contributed by atoms with Gasteiger partial charge in [-0.1, -0.05) is 54.6 Å². The Morgan fingerprint density at radius 1 is 1.00 bits per heavy atom. The lowest BCUT2D eigenvalue weighted by molar-refractivity contribution is -0.130. The van der Waals surface area contributed by atoms with Crippen LogP contribution in [0.15, 0.2) is 79.0 Å². The molecular weight excluding hydrogens is 328 g/mol. The molecule has 0 saturated heterocycles. The molecule has 0 aliphatic heterocycles. The summed E-state index contributed by atoms with van der Waals surface area (Å²) in [6.07, 6.45) is 0.398. The standard InChI is InChI=1S/C21H20N2O3/c1-26-18-13-6-5-11-16(18)19(17-12-7-8-14-22-17)23-21(25)20(24)15-9-3-2-4-10-15/h2-14,19-20,24H,1H3,(H,23,25)/t19-,20-/m1/s1. The fourth-order valence-corrected chi connectivity index (χ4v) is 2.77. The zero-order valence-electron chi connectivity index (χ0n) is 14.4. The van der Waals surface area contributed by atoms with Gasteiger partial charge in [0.25, 0.3) is 5.91 Å². The topological polar surface area (TPSA) is 71.5 Å². The molecule has 5 nitrogen and oxygen atoms in total. The number of benzene rings is 2. The molecule has 0 fully saturated rings. The normalized spacial score (nSPS) is 12.8. The Bertz CT molecular complexity index is 853. The molecular formula is C21H20N2O3. The third-order valence-electron chi connectivity index (χ3n) is 4.08. The van der Waals surface area contributed by atoms with Crippen LogP contribution in [-0.4, -0.2) is 23.1 Å². The molecule has 1 aromatic heterocycles. The molecule has 1 amide bonds. The number of carbonyl (C=O) groups is 1. The number of pyridine rings is 1. The smallest absolute Gasteiger partial charge is 0.254 e. The second-order valence-corrected chi connectivity index (χ2v) is 5.75. The quantitative estimate of drug-likeness (QED) is 0.718. The van der Waals surface area contributed by atoms with E-state index in [1.807, 2.05) is 48.5 Å². The SMILES string of the molecule is COc1ccccc1[C@@H](NC(=O)[C@H](O)c1ccccc1)c1ccccn1. The van der Waals surface area contributed by atoms with E-state index in [0.29, 0.717) is 17.0 Å². The molecule has 5 heteroatoms. The van der Waals surface area contributed by atoms with E-state index in [9.17, 15) is 9.90 Å². The van der Waals surface area contributed by atoms with Gasteiger partial charge in [-0.15, -0.1) is 0 Å². The molecule has 2 aromatic carbocycles. The molecule has 3 rings (SSSR count). The number of aromatic nitrogens is 1. The maximum absolute atomic E-state index is 12.7. The van der Waals surface area contributed by atoms with Gasteiger partial charge in [0.2, 0.25) is 0 Å². The van der Waals surface area contributed by atoms with E-state index >= 15 is 0 Å². The molecule has 0 unspecified atom stereocenters. The van der Waals surface area contributed by atoms with Crippen molar-refractivity contribution in [3.05, 3.63) is 95.8 Å². The highest BCUT2D eigenvalue weighted by molar-refractivity contribution is 5.82. The minimum atomic E-state index is -1.27. The lowest BCUT2D eigenvalue weighted by atomic mass is 10.0. The summed E-state index contributed by atoms with van der Waals surface area (Å²) in [5, 5.41) is 13.3. The minimum Gasteiger partial charge on any atom is -0.496 e. The number of aliphatic hydroxyl groups is 1. The van der Waals surface area contributed by atoms with E-state index in [2.05, 4.69) is 10.3 Å². The third-order valence-corrected chi connectivity index (χ3v) is 4.08. The number of carbonyl (C=O) groups excluding carboxylic acids is 1. The Balaban J connectivity index is 1.93. The van der Waals surface area contributed by atoms with Crippen LogP contribution in [0, 0.1) is 0 Å². The van der Waals surface area contributed by atoms with Crippen molar-refractivity contribution in [2.24, 2.45) is 0 Å². The summed E-state index contributed by atoms with van der Waals surface area (Å²) < 4.78 is 5.43. The molecule has 0 saturated carbocycles. The first-order valence-electron chi connectivity index (χ1n) is 8.28. The molecule has 2 atom stereocenters. The van der Waals surface area contributed by atoms with Crippen LogP contribution in [0.25, 0.3) is 0 Å². The lowest BCUT2D eigenvalue weighted by Gasteiger charge is -2.22. The molecule has 0 aliphatic carbocycles. The molecule has 3 aromatic rings. The molecule has 2 N–H and O–H groups in total. The Hall–Kier alpha value is -3.18.